The molecule has 1 fully saturated rings. The normalized spacial score (nSPS) is 18.4. The summed E-state index contributed by atoms with van der Waals surface area (Å²) in [6.07, 6.45) is 9.62. The minimum Gasteiger partial charge on any atom is -0.316 e. The Morgan fingerprint density at radius 1 is 1.21 bits per heavy atom. The van der Waals surface area contributed by atoms with Crippen LogP contribution in [0.2, 0.25) is 0 Å². The second kappa shape index (κ2) is 8.01. The van der Waals surface area contributed by atoms with E-state index < -0.39 is 0 Å². The summed E-state index contributed by atoms with van der Waals surface area (Å²) in [4.78, 5) is 2.58. The van der Waals surface area contributed by atoms with Crippen LogP contribution < -0.4 is 5.32 Å². The molecule has 2 heteroatoms. The first-order valence-corrected chi connectivity index (χ1v) is 5.97. The van der Waals surface area contributed by atoms with Crippen LogP contribution in [0.1, 0.15) is 32.6 Å². The van der Waals surface area contributed by atoms with Gasteiger partial charge in [-0.2, -0.15) is 0 Å². The number of hydrogen-bond acceptors (Lipinski definition) is 2. The zero-order valence-electron chi connectivity index (χ0n) is 9.47. The van der Waals surface area contributed by atoms with Gasteiger partial charge in [0.2, 0.25) is 0 Å². The van der Waals surface area contributed by atoms with Crippen molar-refractivity contribution in [2.45, 2.75) is 32.6 Å². The standard InChI is InChI=1S/C12H24N2/c1-2-3-4-8-13-9-7-12-14-10-5-6-11-14/h2-3,13H,4-12H2,1H3/b3-2+. The van der Waals surface area contributed by atoms with Gasteiger partial charge in [-0.3, -0.25) is 0 Å². The van der Waals surface area contributed by atoms with Crippen molar-refractivity contribution in [3.8, 4) is 0 Å². The van der Waals surface area contributed by atoms with Gasteiger partial charge in [0, 0.05) is 0 Å². The Morgan fingerprint density at radius 2 is 2.00 bits per heavy atom. The van der Waals surface area contributed by atoms with Crippen LogP contribution in [0, 0.1) is 0 Å². The molecule has 1 rings (SSSR count). The second-order valence-corrected chi connectivity index (χ2v) is 4.01. The second-order valence-electron chi connectivity index (χ2n) is 4.01. The molecule has 0 unspecified atom stereocenters. The van der Waals surface area contributed by atoms with E-state index in [1.54, 1.807) is 0 Å². The Balaban J connectivity index is 1.79. The summed E-state index contributed by atoms with van der Waals surface area (Å²) < 4.78 is 0. The van der Waals surface area contributed by atoms with Crippen LogP contribution in [0.3, 0.4) is 0 Å². The van der Waals surface area contributed by atoms with E-state index in [4.69, 9.17) is 0 Å². The Bertz CT molecular complexity index is 148. The van der Waals surface area contributed by atoms with E-state index in [0.29, 0.717) is 0 Å². The topological polar surface area (TPSA) is 15.3 Å². The minimum absolute atomic E-state index is 1.13. The first kappa shape index (κ1) is 11.7. The molecule has 0 aromatic heterocycles. The van der Waals surface area contributed by atoms with Gasteiger partial charge in [-0.25, -0.2) is 0 Å². The van der Waals surface area contributed by atoms with E-state index in [-0.39, 0.29) is 0 Å². The predicted molar refractivity (Wildman–Crippen MR) is 62.6 cm³/mol. The van der Waals surface area contributed by atoms with Crippen LogP contribution in [0.15, 0.2) is 12.2 Å². The Morgan fingerprint density at radius 3 is 2.71 bits per heavy atom. The highest BCUT2D eigenvalue weighted by atomic mass is 15.1. The van der Waals surface area contributed by atoms with Gasteiger partial charge in [-0.1, -0.05) is 12.2 Å². The average molecular weight is 196 g/mol. The van der Waals surface area contributed by atoms with Gasteiger partial charge >= 0.3 is 0 Å². The molecule has 0 aromatic carbocycles. The van der Waals surface area contributed by atoms with Crippen molar-refractivity contribution >= 4 is 0 Å². The summed E-state index contributed by atoms with van der Waals surface area (Å²) in [5.74, 6) is 0. The fourth-order valence-electron chi connectivity index (χ4n) is 1.91. The van der Waals surface area contributed by atoms with Crippen LogP contribution in [0.4, 0.5) is 0 Å². The summed E-state index contributed by atoms with van der Waals surface area (Å²) in [7, 11) is 0. The maximum absolute atomic E-state index is 3.47. The lowest BCUT2D eigenvalue weighted by atomic mass is 10.3. The third-order valence-corrected chi connectivity index (χ3v) is 2.75. The molecule has 1 N–H and O–H groups in total. The van der Waals surface area contributed by atoms with Gasteiger partial charge in [0.05, 0.1) is 0 Å². The van der Waals surface area contributed by atoms with Gasteiger partial charge < -0.3 is 10.2 Å². The highest BCUT2D eigenvalue weighted by Gasteiger charge is 2.09. The third kappa shape index (κ3) is 5.40. The molecule has 1 aliphatic heterocycles. The summed E-state index contributed by atoms with van der Waals surface area (Å²) in [5, 5.41) is 3.47. The molecule has 0 saturated carbocycles. The number of likely N-dealkylation sites (tertiary alicyclic amines) is 1. The molecule has 0 spiro atoms. The Labute approximate surface area is 88.4 Å². The van der Waals surface area contributed by atoms with Crippen LogP contribution in [-0.2, 0) is 0 Å². The molecule has 0 amide bonds. The Hall–Kier alpha value is -0.340. The number of nitrogens with zero attached hydrogens (tertiary/aromatic N) is 1. The first-order valence-electron chi connectivity index (χ1n) is 5.97. The fourth-order valence-corrected chi connectivity index (χ4v) is 1.91. The summed E-state index contributed by atoms with van der Waals surface area (Å²) >= 11 is 0. The SMILES string of the molecule is C/C=C/CCNCCCN1CCCC1. The van der Waals surface area contributed by atoms with E-state index in [1.807, 2.05) is 0 Å². The van der Waals surface area contributed by atoms with Crippen molar-refractivity contribution in [2.24, 2.45) is 0 Å². The monoisotopic (exact) mass is 196 g/mol. The van der Waals surface area contributed by atoms with Crippen LogP contribution >= 0.6 is 0 Å². The van der Waals surface area contributed by atoms with Gasteiger partial charge in [-0.05, 0) is 65.3 Å². The van der Waals surface area contributed by atoms with E-state index in [2.05, 4.69) is 29.3 Å². The molecule has 0 aromatic rings. The molecule has 0 bridgehead atoms. The molecule has 82 valence electrons. The molecule has 1 heterocycles. The molecule has 0 aliphatic carbocycles. The highest BCUT2D eigenvalue weighted by molar-refractivity contribution is 4.77. The molecule has 0 atom stereocenters. The van der Waals surface area contributed by atoms with Crippen LogP contribution in [0.5, 0.6) is 0 Å². The quantitative estimate of drug-likeness (QED) is 0.495. The van der Waals surface area contributed by atoms with Gasteiger partial charge in [-0.15, -0.1) is 0 Å². The van der Waals surface area contributed by atoms with E-state index >= 15 is 0 Å². The van der Waals surface area contributed by atoms with Crippen LogP contribution in [0.25, 0.3) is 0 Å². The van der Waals surface area contributed by atoms with E-state index in [9.17, 15) is 0 Å². The molecule has 2 nitrogen and oxygen atoms in total. The number of rotatable bonds is 7. The maximum atomic E-state index is 3.47. The van der Waals surface area contributed by atoms with Crippen molar-refractivity contribution in [3.05, 3.63) is 12.2 Å². The molecule has 1 aliphatic rings. The molecular formula is C12H24N2. The zero-order valence-corrected chi connectivity index (χ0v) is 9.47. The molecule has 0 radical (unpaired) electrons. The van der Waals surface area contributed by atoms with Crippen LogP contribution in [-0.4, -0.2) is 37.6 Å². The number of allylic oxidation sites excluding steroid dienone is 1. The Kier molecular flexibility index (Phi) is 6.71. The largest absolute Gasteiger partial charge is 0.316 e. The summed E-state index contributed by atoms with van der Waals surface area (Å²) in [6.45, 7) is 8.33. The third-order valence-electron chi connectivity index (χ3n) is 2.75. The fraction of sp³-hybridized carbons (Fsp3) is 0.833. The number of nitrogens with one attached hydrogen (secondary N) is 1. The lowest BCUT2D eigenvalue weighted by Gasteiger charge is -2.13. The van der Waals surface area contributed by atoms with Gasteiger partial charge in [0.15, 0.2) is 0 Å². The molecule has 1 saturated heterocycles. The van der Waals surface area contributed by atoms with Crippen molar-refractivity contribution in [1.82, 2.24) is 10.2 Å². The minimum atomic E-state index is 1.13. The molecular weight excluding hydrogens is 172 g/mol. The predicted octanol–water partition coefficient (Wildman–Crippen LogP) is 2.03. The lowest BCUT2D eigenvalue weighted by Crippen LogP contribution is -2.25. The zero-order chi connectivity index (χ0) is 10.1. The summed E-state index contributed by atoms with van der Waals surface area (Å²) in [5.41, 5.74) is 0. The average Bonchev–Trinajstić information content (AvgIpc) is 2.69. The smallest absolute Gasteiger partial charge is 0.000664 e. The van der Waals surface area contributed by atoms with Gasteiger partial charge in [0.25, 0.3) is 0 Å². The van der Waals surface area contributed by atoms with Crippen molar-refractivity contribution in [1.29, 1.82) is 0 Å². The summed E-state index contributed by atoms with van der Waals surface area (Å²) in [6, 6.07) is 0. The lowest BCUT2D eigenvalue weighted by molar-refractivity contribution is 0.331. The maximum Gasteiger partial charge on any atom is -0.000664 e. The van der Waals surface area contributed by atoms with Gasteiger partial charge in [0.1, 0.15) is 0 Å². The van der Waals surface area contributed by atoms with E-state index in [1.165, 1.54) is 51.9 Å². The highest BCUT2D eigenvalue weighted by Crippen LogP contribution is 2.06. The number of hydrogen-bond donors (Lipinski definition) is 1. The molecule has 14 heavy (non-hydrogen) atoms. The van der Waals surface area contributed by atoms with Crippen molar-refractivity contribution in [2.75, 3.05) is 32.7 Å². The first-order chi connectivity index (χ1) is 6.93. The van der Waals surface area contributed by atoms with Crippen molar-refractivity contribution < 1.29 is 0 Å². The van der Waals surface area contributed by atoms with E-state index in [0.717, 1.165) is 6.54 Å². The van der Waals surface area contributed by atoms with Crippen molar-refractivity contribution in [3.63, 3.8) is 0 Å².